The molecule has 0 aliphatic carbocycles. The third kappa shape index (κ3) is 3.56. The maximum Gasteiger partial charge on any atom is 0.291 e. The fraction of sp³-hybridized carbons (Fsp3) is 0.316. The lowest BCUT2D eigenvalue weighted by molar-refractivity contribution is -0.0257. The predicted molar refractivity (Wildman–Crippen MR) is 95.8 cm³/mol. The molecule has 138 valence electrons. The van der Waals surface area contributed by atoms with Crippen molar-refractivity contribution in [3.05, 3.63) is 60.1 Å². The van der Waals surface area contributed by atoms with Gasteiger partial charge in [-0.3, -0.25) is 9.78 Å². The summed E-state index contributed by atoms with van der Waals surface area (Å²) in [5, 5.41) is 0. The molecule has 0 saturated carbocycles. The van der Waals surface area contributed by atoms with E-state index in [1.54, 1.807) is 37.3 Å². The molecule has 8 heteroatoms. The van der Waals surface area contributed by atoms with Crippen molar-refractivity contribution in [2.75, 3.05) is 19.7 Å². The normalized spacial score (nSPS) is 17.1. The summed E-state index contributed by atoms with van der Waals surface area (Å²) in [5.74, 6) is 0.614. The van der Waals surface area contributed by atoms with E-state index in [0.717, 1.165) is 16.8 Å². The van der Waals surface area contributed by atoms with Crippen LogP contribution in [0.4, 0.5) is 0 Å². The molecule has 3 aromatic heterocycles. The summed E-state index contributed by atoms with van der Waals surface area (Å²) >= 11 is 0. The second-order valence-electron chi connectivity index (χ2n) is 6.36. The Morgan fingerprint density at radius 2 is 1.96 bits per heavy atom. The molecule has 3 aromatic rings. The van der Waals surface area contributed by atoms with Gasteiger partial charge in [0.15, 0.2) is 5.89 Å². The van der Waals surface area contributed by atoms with Crippen LogP contribution >= 0.6 is 0 Å². The molecular formula is C19H19N5O3. The Kier molecular flexibility index (Phi) is 4.64. The Morgan fingerprint density at radius 1 is 1.15 bits per heavy atom. The third-order valence-electron chi connectivity index (χ3n) is 4.46. The number of hydrogen-bond donors (Lipinski definition) is 0. The van der Waals surface area contributed by atoms with Crippen LogP contribution in [0.15, 0.2) is 41.5 Å². The highest BCUT2D eigenvalue weighted by molar-refractivity contribution is 5.92. The lowest BCUT2D eigenvalue weighted by Crippen LogP contribution is -2.42. The van der Waals surface area contributed by atoms with E-state index in [0.29, 0.717) is 37.0 Å². The van der Waals surface area contributed by atoms with Crippen molar-refractivity contribution >= 4 is 5.91 Å². The lowest BCUT2D eigenvalue weighted by atomic mass is 10.1. The van der Waals surface area contributed by atoms with Crippen molar-refractivity contribution in [1.29, 1.82) is 0 Å². The van der Waals surface area contributed by atoms with Crippen LogP contribution in [-0.2, 0) is 4.74 Å². The van der Waals surface area contributed by atoms with Gasteiger partial charge in [0.25, 0.3) is 5.91 Å². The summed E-state index contributed by atoms with van der Waals surface area (Å²) in [7, 11) is 0. The van der Waals surface area contributed by atoms with E-state index in [2.05, 4.69) is 19.9 Å². The molecule has 1 saturated heterocycles. The maximum absolute atomic E-state index is 12.8. The molecule has 0 aromatic carbocycles. The zero-order valence-electron chi connectivity index (χ0n) is 15.1. The molecular weight excluding hydrogens is 346 g/mol. The molecule has 0 bridgehead atoms. The van der Waals surface area contributed by atoms with Crippen molar-refractivity contribution in [1.82, 2.24) is 24.8 Å². The van der Waals surface area contributed by atoms with E-state index in [9.17, 15) is 4.79 Å². The van der Waals surface area contributed by atoms with E-state index in [1.807, 2.05) is 12.1 Å². The Hall–Kier alpha value is -3.13. The summed E-state index contributed by atoms with van der Waals surface area (Å²) in [4.78, 5) is 31.2. The number of aryl methyl sites for hydroxylation is 2. The molecule has 4 rings (SSSR count). The second-order valence-corrected chi connectivity index (χ2v) is 6.36. The fourth-order valence-electron chi connectivity index (χ4n) is 3.10. The van der Waals surface area contributed by atoms with Crippen LogP contribution in [0.1, 0.15) is 33.9 Å². The number of nitrogens with zero attached hydrogens (tertiary/aromatic N) is 5. The Labute approximate surface area is 156 Å². The molecule has 4 heterocycles. The highest BCUT2D eigenvalue weighted by Gasteiger charge is 2.29. The van der Waals surface area contributed by atoms with Crippen LogP contribution in [0.2, 0.25) is 0 Å². The van der Waals surface area contributed by atoms with Gasteiger partial charge in [0.05, 0.1) is 24.5 Å². The van der Waals surface area contributed by atoms with Crippen molar-refractivity contribution in [3.8, 4) is 11.1 Å². The van der Waals surface area contributed by atoms with E-state index >= 15 is 0 Å². The average molecular weight is 365 g/mol. The van der Waals surface area contributed by atoms with Gasteiger partial charge in [-0.1, -0.05) is 6.07 Å². The van der Waals surface area contributed by atoms with Gasteiger partial charge >= 0.3 is 0 Å². The van der Waals surface area contributed by atoms with Gasteiger partial charge < -0.3 is 14.1 Å². The number of pyridine rings is 1. The van der Waals surface area contributed by atoms with Crippen molar-refractivity contribution < 1.29 is 13.9 Å². The number of aromatic nitrogens is 4. The Balaban J connectivity index is 1.50. The smallest absolute Gasteiger partial charge is 0.291 e. The molecule has 1 aliphatic heterocycles. The van der Waals surface area contributed by atoms with Crippen molar-refractivity contribution in [2.24, 2.45) is 0 Å². The van der Waals surface area contributed by atoms with Gasteiger partial charge in [0, 0.05) is 43.2 Å². The van der Waals surface area contributed by atoms with E-state index in [4.69, 9.17) is 9.15 Å². The van der Waals surface area contributed by atoms with Gasteiger partial charge in [-0.25, -0.2) is 15.0 Å². The molecule has 1 aliphatic rings. The molecule has 1 amide bonds. The fourth-order valence-corrected chi connectivity index (χ4v) is 3.10. The molecule has 1 fully saturated rings. The summed E-state index contributed by atoms with van der Waals surface area (Å²) in [6.45, 7) is 4.87. The van der Waals surface area contributed by atoms with Crippen LogP contribution in [-0.4, -0.2) is 50.4 Å². The quantitative estimate of drug-likeness (QED) is 0.703. The first-order chi connectivity index (χ1) is 13.1. The summed E-state index contributed by atoms with van der Waals surface area (Å²) in [5.41, 5.74) is 3.21. The molecule has 0 spiro atoms. The zero-order chi connectivity index (χ0) is 18.8. The van der Waals surface area contributed by atoms with Gasteiger partial charge in [-0.15, -0.1) is 0 Å². The van der Waals surface area contributed by atoms with Crippen LogP contribution in [0.5, 0.6) is 0 Å². The number of morpholine rings is 1. The van der Waals surface area contributed by atoms with Crippen LogP contribution in [0, 0.1) is 13.8 Å². The minimum absolute atomic E-state index is 0.167. The number of rotatable bonds is 3. The number of oxazole rings is 1. The first-order valence-corrected chi connectivity index (χ1v) is 8.68. The molecule has 27 heavy (non-hydrogen) atoms. The minimum atomic E-state index is -0.284. The first kappa shape index (κ1) is 17.3. The monoisotopic (exact) mass is 365 g/mol. The van der Waals surface area contributed by atoms with Crippen LogP contribution < -0.4 is 0 Å². The van der Waals surface area contributed by atoms with E-state index in [1.165, 1.54) is 6.33 Å². The average Bonchev–Trinajstić information content (AvgIpc) is 3.06. The Morgan fingerprint density at radius 3 is 2.63 bits per heavy atom. The van der Waals surface area contributed by atoms with Crippen molar-refractivity contribution in [3.63, 3.8) is 0 Å². The topological polar surface area (TPSA) is 94.2 Å². The van der Waals surface area contributed by atoms with Crippen LogP contribution in [0.3, 0.4) is 0 Å². The number of carbonyl (C=O) groups excluding carboxylic acids is 1. The summed E-state index contributed by atoms with van der Waals surface area (Å²) < 4.78 is 11.3. The highest BCUT2D eigenvalue weighted by atomic mass is 16.5. The van der Waals surface area contributed by atoms with Gasteiger partial charge in [0.2, 0.25) is 5.76 Å². The first-order valence-electron chi connectivity index (χ1n) is 8.68. The number of ether oxygens (including phenoxy) is 1. The highest BCUT2D eigenvalue weighted by Crippen LogP contribution is 2.25. The van der Waals surface area contributed by atoms with Crippen molar-refractivity contribution in [2.45, 2.75) is 20.0 Å². The lowest BCUT2D eigenvalue weighted by Gasteiger charge is -2.32. The zero-order valence-corrected chi connectivity index (χ0v) is 15.1. The summed E-state index contributed by atoms with van der Waals surface area (Å²) in [6, 6.07) is 3.86. The van der Waals surface area contributed by atoms with Gasteiger partial charge in [0.1, 0.15) is 12.4 Å². The number of amides is 1. The van der Waals surface area contributed by atoms with E-state index in [-0.39, 0.29) is 12.0 Å². The standard InChI is InChI=1S/C19H19N5O3/c1-12-18(27-13(2)23-12)19(25)24-5-6-26-17(10-24)16-4-3-14(9-22-16)15-7-20-11-21-8-15/h3-4,7-9,11,17H,5-6,10H2,1-2H3/t17-/m0/s1. The second kappa shape index (κ2) is 7.24. The van der Waals surface area contributed by atoms with E-state index < -0.39 is 0 Å². The van der Waals surface area contributed by atoms with Crippen LogP contribution in [0.25, 0.3) is 11.1 Å². The molecule has 0 unspecified atom stereocenters. The van der Waals surface area contributed by atoms with Gasteiger partial charge in [-0.2, -0.15) is 0 Å². The molecule has 8 nitrogen and oxygen atoms in total. The van der Waals surface area contributed by atoms with Gasteiger partial charge in [-0.05, 0) is 13.0 Å². The molecule has 0 radical (unpaired) electrons. The third-order valence-corrected chi connectivity index (χ3v) is 4.46. The number of hydrogen-bond acceptors (Lipinski definition) is 7. The molecule has 1 atom stereocenters. The Bertz CT molecular complexity index is 940. The minimum Gasteiger partial charge on any atom is -0.436 e. The SMILES string of the molecule is Cc1nc(C)c(C(=O)N2CCO[C@H](c3ccc(-c4cncnc4)cn3)C2)o1. The number of carbonyl (C=O) groups is 1. The molecule has 0 N–H and O–H groups in total. The largest absolute Gasteiger partial charge is 0.436 e. The predicted octanol–water partition coefficient (Wildman–Crippen LogP) is 2.36. The summed E-state index contributed by atoms with van der Waals surface area (Å²) in [6.07, 6.45) is 6.45. The maximum atomic E-state index is 12.8.